The standard InChI is InChI=1S/C10H12N4O/c1-15-7-14-6-12-10(13-14)8-3-2-4-9(11)5-8/h2-6H,7,11H2,1H3. The highest BCUT2D eigenvalue weighted by molar-refractivity contribution is 5.60. The van der Waals surface area contributed by atoms with Gasteiger partial charge in [0.15, 0.2) is 5.82 Å². The molecule has 0 saturated carbocycles. The van der Waals surface area contributed by atoms with E-state index < -0.39 is 0 Å². The Morgan fingerprint density at radius 2 is 2.33 bits per heavy atom. The maximum Gasteiger partial charge on any atom is 0.181 e. The van der Waals surface area contributed by atoms with Crippen molar-refractivity contribution >= 4 is 5.69 Å². The summed E-state index contributed by atoms with van der Waals surface area (Å²) in [6.45, 7) is 0.398. The molecule has 1 aromatic carbocycles. The fourth-order valence-electron chi connectivity index (χ4n) is 1.30. The van der Waals surface area contributed by atoms with E-state index in [0.29, 0.717) is 18.2 Å². The van der Waals surface area contributed by atoms with Crippen LogP contribution in [0, 0.1) is 0 Å². The third-order valence-electron chi connectivity index (χ3n) is 1.94. The van der Waals surface area contributed by atoms with Crippen LogP contribution in [0.4, 0.5) is 5.69 Å². The number of ether oxygens (including phenoxy) is 1. The third-order valence-corrected chi connectivity index (χ3v) is 1.94. The zero-order chi connectivity index (χ0) is 10.7. The molecule has 0 amide bonds. The van der Waals surface area contributed by atoms with Crippen molar-refractivity contribution in [3.63, 3.8) is 0 Å². The number of nitrogens with zero attached hydrogens (tertiary/aromatic N) is 3. The Bertz CT molecular complexity index is 452. The van der Waals surface area contributed by atoms with E-state index in [0.717, 1.165) is 5.56 Å². The molecular weight excluding hydrogens is 192 g/mol. The second-order valence-corrected chi connectivity index (χ2v) is 3.15. The van der Waals surface area contributed by atoms with Crippen molar-refractivity contribution in [2.45, 2.75) is 6.73 Å². The molecule has 0 atom stereocenters. The summed E-state index contributed by atoms with van der Waals surface area (Å²) in [5.41, 5.74) is 7.29. The lowest BCUT2D eigenvalue weighted by Crippen LogP contribution is -1.99. The smallest absolute Gasteiger partial charge is 0.181 e. The molecule has 5 heteroatoms. The van der Waals surface area contributed by atoms with E-state index in [1.165, 1.54) is 0 Å². The van der Waals surface area contributed by atoms with Crippen molar-refractivity contribution in [3.8, 4) is 11.4 Å². The predicted octanol–water partition coefficient (Wildman–Crippen LogP) is 1.13. The van der Waals surface area contributed by atoms with Crippen molar-refractivity contribution in [2.24, 2.45) is 0 Å². The molecule has 5 nitrogen and oxygen atoms in total. The minimum atomic E-state index is 0.398. The number of rotatable bonds is 3. The maximum atomic E-state index is 5.67. The number of anilines is 1. The molecule has 2 N–H and O–H groups in total. The molecule has 0 saturated heterocycles. The Hall–Kier alpha value is -1.88. The molecule has 0 aliphatic carbocycles. The highest BCUT2D eigenvalue weighted by atomic mass is 16.5. The molecule has 0 spiro atoms. The van der Waals surface area contributed by atoms with Crippen molar-refractivity contribution in [3.05, 3.63) is 30.6 Å². The molecular formula is C10H12N4O. The summed E-state index contributed by atoms with van der Waals surface area (Å²) in [5, 5.41) is 4.24. The lowest BCUT2D eigenvalue weighted by Gasteiger charge is -1.97. The summed E-state index contributed by atoms with van der Waals surface area (Å²) < 4.78 is 6.56. The number of nitrogens with two attached hydrogens (primary N) is 1. The average Bonchev–Trinajstić information content (AvgIpc) is 2.67. The Kier molecular flexibility index (Phi) is 2.64. The minimum absolute atomic E-state index is 0.398. The van der Waals surface area contributed by atoms with Crippen molar-refractivity contribution in [2.75, 3.05) is 12.8 Å². The van der Waals surface area contributed by atoms with E-state index in [4.69, 9.17) is 10.5 Å². The van der Waals surface area contributed by atoms with Gasteiger partial charge in [-0.25, -0.2) is 9.67 Å². The SMILES string of the molecule is COCn1cnc(-c2cccc(N)c2)n1. The molecule has 2 rings (SSSR count). The normalized spacial score (nSPS) is 10.5. The molecule has 0 fully saturated rings. The van der Waals surface area contributed by atoms with Gasteiger partial charge in [-0.2, -0.15) is 0 Å². The lowest BCUT2D eigenvalue weighted by molar-refractivity contribution is 0.120. The molecule has 1 aromatic heterocycles. The van der Waals surface area contributed by atoms with E-state index in [1.54, 1.807) is 18.1 Å². The van der Waals surface area contributed by atoms with Gasteiger partial charge >= 0.3 is 0 Å². The van der Waals surface area contributed by atoms with Gasteiger partial charge in [-0.05, 0) is 12.1 Å². The number of nitrogen functional groups attached to an aromatic ring is 1. The molecule has 0 aliphatic rings. The molecule has 0 unspecified atom stereocenters. The van der Waals surface area contributed by atoms with Gasteiger partial charge in [0.2, 0.25) is 0 Å². The second kappa shape index (κ2) is 4.10. The minimum Gasteiger partial charge on any atom is -0.399 e. The summed E-state index contributed by atoms with van der Waals surface area (Å²) in [7, 11) is 1.61. The fraction of sp³-hybridized carbons (Fsp3) is 0.200. The van der Waals surface area contributed by atoms with Gasteiger partial charge in [-0.1, -0.05) is 12.1 Å². The van der Waals surface area contributed by atoms with Gasteiger partial charge in [0.25, 0.3) is 0 Å². The van der Waals surface area contributed by atoms with Crippen molar-refractivity contribution < 1.29 is 4.74 Å². The first kappa shape index (κ1) is 9.67. The molecule has 0 aliphatic heterocycles. The zero-order valence-corrected chi connectivity index (χ0v) is 8.42. The van der Waals surface area contributed by atoms with E-state index >= 15 is 0 Å². The van der Waals surface area contributed by atoms with Gasteiger partial charge in [-0.3, -0.25) is 0 Å². The number of methoxy groups -OCH3 is 1. The van der Waals surface area contributed by atoms with Crippen LogP contribution in [-0.2, 0) is 11.5 Å². The number of hydrogen-bond acceptors (Lipinski definition) is 4. The number of benzene rings is 1. The summed E-state index contributed by atoms with van der Waals surface area (Å²) in [4.78, 5) is 4.16. The molecule has 78 valence electrons. The summed E-state index contributed by atoms with van der Waals surface area (Å²) >= 11 is 0. The Morgan fingerprint density at radius 1 is 1.47 bits per heavy atom. The van der Waals surface area contributed by atoms with Crippen LogP contribution in [-0.4, -0.2) is 21.9 Å². The van der Waals surface area contributed by atoms with Gasteiger partial charge < -0.3 is 10.5 Å². The van der Waals surface area contributed by atoms with E-state index in [-0.39, 0.29) is 0 Å². The topological polar surface area (TPSA) is 66.0 Å². The van der Waals surface area contributed by atoms with Crippen LogP contribution < -0.4 is 5.73 Å². The molecule has 1 heterocycles. The van der Waals surface area contributed by atoms with Gasteiger partial charge in [0, 0.05) is 18.4 Å². The summed E-state index contributed by atoms with van der Waals surface area (Å²) in [6, 6.07) is 7.46. The number of aromatic nitrogens is 3. The van der Waals surface area contributed by atoms with Crippen LogP contribution in [0.15, 0.2) is 30.6 Å². The maximum absolute atomic E-state index is 5.67. The van der Waals surface area contributed by atoms with Gasteiger partial charge in [-0.15, -0.1) is 5.10 Å². The second-order valence-electron chi connectivity index (χ2n) is 3.15. The Labute approximate surface area is 87.5 Å². The molecule has 15 heavy (non-hydrogen) atoms. The lowest BCUT2D eigenvalue weighted by atomic mass is 10.2. The predicted molar refractivity (Wildman–Crippen MR) is 56.9 cm³/mol. The first-order chi connectivity index (χ1) is 7.29. The van der Waals surface area contributed by atoms with Crippen LogP contribution >= 0.6 is 0 Å². The monoisotopic (exact) mass is 204 g/mol. The third kappa shape index (κ3) is 2.13. The van der Waals surface area contributed by atoms with Crippen molar-refractivity contribution in [1.29, 1.82) is 0 Å². The fourth-order valence-corrected chi connectivity index (χ4v) is 1.30. The van der Waals surface area contributed by atoms with Crippen LogP contribution in [0.5, 0.6) is 0 Å². The average molecular weight is 204 g/mol. The summed E-state index contributed by atoms with van der Waals surface area (Å²) in [6.07, 6.45) is 1.63. The first-order valence-corrected chi connectivity index (χ1v) is 4.54. The highest BCUT2D eigenvalue weighted by Gasteiger charge is 2.03. The van der Waals surface area contributed by atoms with Crippen LogP contribution in [0.1, 0.15) is 0 Å². The molecule has 0 bridgehead atoms. The van der Waals surface area contributed by atoms with Crippen LogP contribution in [0.25, 0.3) is 11.4 Å². The molecule has 0 radical (unpaired) electrons. The first-order valence-electron chi connectivity index (χ1n) is 4.54. The van der Waals surface area contributed by atoms with E-state index in [9.17, 15) is 0 Å². The Balaban J connectivity index is 2.29. The van der Waals surface area contributed by atoms with Gasteiger partial charge in [0.05, 0.1) is 0 Å². The quantitative estimate of drug-likeness (QED) is 0.761. The molecule has 2 aromatic rings. The van der Waals surface area contributed by atoms with Gasteiger partial charge in [0.1, 0.15) is 13.1 Å². The van der Waals surface area contributed by atoms with Crippen LogP contribution in [0.3, 0.4) is 0 Å². The van der Waals surface area contributed by atoms with Crippen LogP contribution in [0.2, 0.25) is 0 Å². The zero-order valence-electron chi connectivity index (χ0n) is 8.42. The Morgan fingerprint density at radius 3 is 3.07 bits per heavy atom. The largest absolute Gasteiger partial charge is 0.399 e. The summed E-state index contributed by atoms with van der Waals surface area (Å²) in [5.74, 6) is 0.652. The van der Waals surface area contributed by atoms with E-state index in [1.807, 2.05) is 24.3 Å². The highest BCUT2D eigenvalue weighted by Crippen LogP contribution is 2.16. The number of hydrogen-bond donors (Lipinski definition) is 1. The van der Waals surface area contributed by atoms with E-state index in [2.05, 4.69) is 10.1 Å². The van der Waals surface area contributed by atoms with Crippen molar-refractivity contribution in [1.82, 2.24) is 14.8 Å².